The third-order valence-electron chi connectivity index (χ3n) is 2.51. The predicted molar refractivity (Wildman–Crippen MR) is 57.7 cm³/mol. The average molecular weight is 257 g/mol. The molecule has 0 atom stereocenters. The molecule has 0 amide bonds. The molecule has 96 valence electrons. The topological polar surface area (TPSA) is 46.3 Å². The molecule has 0 radical (unpaired) electrons. The molecule has 0 spiro atoms. The van der Waals surface area contributed by atoms with Crippen molar-refractivity contribution < 1.29 is 22.8 Å². The van der Waals surface area contributed by atoms with Crippen LogP contribution in [0, 0.1) is 0 Å². The van der Waals surface area contributed by atoms with Gasteiger partial charge in [-0.2, -0.15) is 13.2 Å². The molecule has 18 heavy (non-hydrogen) atoms. The van der Waals surface area contributed by atoms with Gasteiger partial charge in [-0.05, 0) is 12.1 Å². The fourth-order valence-electron chi connectivity index (χ4n) is 1.61. The second kappa shape index (κ2) is 4.81. The Morgan fingerprint density at radius 2 is 1.83 bits per heavy atom. The van der Waals surface area contributed by atoms with Crippen molar-refractivity contribution in [3.63, 3.8) is 0 Å². The quantitative estimate of drug-likeness (QED) is 0.919. The third kappa shape index (κ3) is 2.53. The molecule has 0 aliphatic heterocycles. The number of aromatic nitrogens is 1. The first-order valence-corrected chi connectivity index (χ1v) is 5.24. The Morgan fingerprint density at radius 1 is 1.17 bits per heavy atom. The average Bonchev–Trinajstić information content (AvgIpc) is 2.77. The van der Waals surface area contributed by atoms with Crippen molar-refractivity contribution in [3.8, 4) is 11.3 Å². The standard InChI is InChI=1S/C12H10F3NO2/c13-12(14,15)10-3-1-8(2-4-10)11-9(5-6-17)7-18-16-11/h1-4,7,17H,5-6H2. The summed E-state index contributed by atoms with van der Waals surface area (Å²) in [5, 5.41) is 12.6. The summed E-state index contributed by atoms with van der Waals surface area (Å²) in [5.74, 6) is 0. The van der Waals surface area contributed by atoms with Crippen molar-refractivity contribution in [2.45, 2.75) is 12.6 Å². The zero-order valence-corrected chi connectivity index (χ0v) is 9.24. The van der Waals surface area contributed by atoms with E-state index < -0.39 is 11.7 Å². The van der Waals surface area contributed by atoms with E-state index in [1.165, 1.54) is 18.4 Å². The number of hydrogen-bond donors (Lipinski definition) is 1. The minimum absolute atomic E-state index is 0.0746. The van der Waals surface area contributed by atoms with E-state index in [0.717, 1.165) is 12.1 Å². The first-order chi connectivity index (χ1) is 8.52. The summed E-state index contributed by atoms with van der Waals surface area (Å²) in [6, 6.07) is 4.66. The molecule has 0 saturated carbocycles. The summed E-state index contributed by atoms with van der Waals surface area (Å²) < 4.78 is 42.0. The first kappa shape index (κ1) is 12.6. The summed E-state index contributed by atoms with van der Waals surface area (Å²) in [5.41, 5.74) is 0.939. The van der Waals surface area contributed by atoms with Gasteiger partial charge < -0.3 is 9.63 Å². The van der Waals surface area contributed by atoms with E-state index in [1.54, 1.807) is 0 Å². The number of hydrogen-bond acceptors (Lipinski definition) is 3. The van der Waals surface area contributed by atoms with Crippen molar-refractivity contribution >= 4 is 0 Å². The minimum Gasteiger partial charge on any atom is -0.396 e. The Morgan fingerprint density at radius 3 is 2.39 bits per heavy atom. The lowest BCUT2D eigenvalue weighted by Gasteiger charge is -2.07. The zero-order valence-electron chi connectivity index (χ0n) is 9.24. The van der Waals surface area contributed by atoms with Crippen molar-refractivity contribution in [2.24, 2.45) is 0 Å². The number of aliphatic hydroxyl groups excluding tert-OH is 1. The molecule has 1 heterocycles. The molecule has 0 aliphatic rings. The summed E-state index contributed by atoms with van der Waals surface area (Å²) in [6.07, 6.45) is -2.63. The van der Waals surface area contributed by atoms with E-state index in [2.05, 4.69) is 5.16 Å². The molecule has 3 nitrogen and oxygen atoms in total. The van der Waals surface area contributed by atoms with Crippen molar-refractivity contribution in [1.82, 2.24) is 5.16 Å². The number of nitrogens with zero attached hydrogens (tertiary/aromatic N) is 1. The minimum atomic E-state index is -4.35. The summed E-state index contributed by atoms with van der Waals surface area (Å²) in [4.78, 5) is 0. The molecule has 1 N–H and O–H groups in total. The number of benzene rings is 1. The number of rotatable bonds is 3. The molecular weight excluding hydrogens is 247 g/mol. The van der Waals surface area contributed by atoms with Crippen LogP contribution >= 0.6 is 0 Å². The molecule has 6 heteroatoms. The molecule has 2 rings (SSSR count). The van der Waals surface area contributed by atoms with Gasteiger partial charge in [-0.3, -0.25) is 0 Å². The van der Waals surface area contributed by atoms with Crippen LogP contribution in [0.5, 0.6) is 0 Å². The van der Waals surface area contributed by atoms with Crippen LogP contribution in [0.4, 0.5) is 13.2 Å². The maximum Gasteiger partial charge on any atom is 0.416 e. The molecule has 0 unspecified atom stereocenters. The van der Waals surface area contributed by atoms with Gasteiger partial charge in [-0.1, -0.05) is 17.3 Å². The van der Waals surface area contributed by atoms with Crippen LogP contribution in [0.15, 0.2) is 35.1 Å². The van der Waals surface area contributed by atoms with E-state index >= 15 is 0 Å². The van der Waals surface area contributed by atoms with Gasteiger partial charge in [0.2, 0.25) is 0 Å². The van der Waals surface area contributed by atoms with E-state index in [-0.39, 0.29) is 6.61 Å². The van der Waals surface area contributed by atoms with Crippen LogP contribution in [0.2, 0.25) is 0 Å². The number of aliphatic hydroxyl groups is 1. The Balaban J connectivity index is 2.32. The molecular formula is C12H10F3NO2. The smallest absolute Gasteiger partial charge is 0.396 e. The van der Waals surface area contributed by atoms with Crippen molar-refractivity contribution in [3.05, 3.63) is 41.7 Å². The molecule has 0 saturated heterocycles. The van der Waals surface area contributed by atoms with Crippen LogP contribution < -0.4 is 0 Å². The molecule has 1 aromatic carbocycles. The lowest BCUT2D eigenvalue weighted by atomic mass is 10.0. The fourth-order valence-corrected chi connectivity index (χ4v) is 1.61. The predicted octanol–water partition coefficient (Wildman–Crippen LogP) is 2.90. The lowest BCUT2D eigenvalue weighted by Crippen LogP contribution is -2.04. The monoisotopic (exact) mass is 257 g/mol. The maximum atomic E-state index is 12.4. The van der Waals surface area contributed by atoms with Gasteiger partial charge in [-0.15, -0.1) is 0 Å². The van der Waals surface area contributed by atoms with E-state index in [1.807, 2.05) is 0 Å². The second-order valence-corrected chi connectivity index (χ2v) is 3.74. The van der Waals surface area contributed by atoms with E-state index in [9.17, 15) is 13.2 Å². The van der Waals surface area contributed by atoms with Crippen LogP contribution in [-0.4, -0.2) is 16.9 Å². The van der Waals surface area contributed by atoms with Crippen LogP contribution in [0.1, 0.15) is 11.1 Å². The zero-order chi connectivity index (χ0) is 13.2. The van der Waals surface area contributed by atoms with Gasteiger partial charge in [-0.25, -0.2) is 0 Å². The van der Waals surface area contributed by atoms with Gasteiger partial charge in [0.25, 0.3) is 0 Å². The summed E-state index contributed by atoms with van der Waals surface area (Å²) in [7, 11) is 0. The fraction of sp³-hybridized carbons (Fsp3) is 0.250. The Kier molecular flexibility index (Phi) is 3.38. The van der Waals surface area contributed by atoms with Gasteiger partial charge in [0.15, 0.2) is 0 Å². The summed E-state index contributed by atoms with van der Waals surface area (Å²) in [6.45, 7) is -0.0746. The molecule has 0 bridgehead atoms. The highest BCUT2D eigenvalue weighted by Crippen LogP contribution is 2.31. The highest BCUT2D eigenvalue weighted by molar-refractivity contribution is 5.62. The second-order valence-electron chi connectivity index (χ2n) is 3.74. The van der Waals surface area contributed by atoms with Crippen LogP contribution in [-0.2, 0) is 12.6 Å². The van der Waals surface area contributed by atoms with Gasteiger partial charge >= 0.3 is 6.18 Å². The lowest BCUT2D eigenvalue weighted by molar-refractivity contribution is -0.137. The molecule has 0 aliphatic carbocycles. The highest BCUT2D eigenvalue weighted by Gasteiger charge is 2.30. The van der Waals surface area contributed by atoms with E-state index in [4.69, 9.17) is 9.63 Å². The molecule has 2 aromatic rings. The maximum absolute atomic E-state index is 12.4. The largest absolute Gasteiger partial charge is 0.416 e. The van der Waals surface area contributed by atoms with Gasteiger partial charge in [0.05, 0.1) is 5.56 Å². The third-order valence-corrected chi connectivity index (χ3v) is 2.51. The Labute approximate surface area is 101 Å². The first-order valence-electron chi connectivity index (χ1n) is 5.24. The number of alkyl halides is 3. The van der Waals surface area contributed by atoms with E-state index in [0.29, 0.717) is 23.2 Å². The van der Waals surface area contributed by atoms with Crippen molar-refractivity contribution in [1.29, 1.82) is 0 Å². The van der Waals surface area contributed by atoms with Crippen LogP contribution in [0.3, 0.4) is 0 Å². The SMILES string of the molecule is OCCc1conc1-c1ccc(C(F)(F)F)cc1. The van der Waals surface area contributed by atoms with Crippen molar-refractivity contribution in [2.75, 3.05) is 6.61 Å². The Hall–Kier alpha value is -1.82. The highest BCUT2D eigenvalue weighted by atomic mass is 19.4. The number of halogens is 3. The summed E-state index contributed by atoms with van der Waals surface area (Å²) >= 11 is 0. The van der Waals surface area contributed by atoms with Gasteiger partial charge in [0, 0.05) is 24.2 Å². The Bertz CT molecular complexity index is 517. The normalized spacial score (nSPS) is 11.8. The molecule has 1 aromatic heterocycles. The van der Waals surface area contributed by atoms with Gasteiger partial charge in [0.1, 0.15) is 12.0 Å². The molecule has 0 fully saturated rings. The van der Waals surface area contributed by atoms with Crippen LogP contribution in [0.25, 0.3) is 11.3 Å².